The van der Waals surface area contributed by atoms with E-state index in [1.54, 1.807) is 0 Å². The van der Waals surface area contributed by atoms with Crippen molar-refractivity contribution in [3.8, 4) is 12.3 Å². The highest BCUT2D eigenvalue weighted by Crippen LogP contribution is 2.39. The fourth-order valence-electron chi connectivity index (χ4n) is 2.16. The van der Waals surface area contributed by atoms with Crippen LogP contribution in [0.4, 0.5) is 0 Å². The lowest BCUT2D eigenvalue weighted by molar-refractivity contribution is -0.0583. The maximum absolute atomic E-state index is 10.2. The lowest BCUT2D eigenvalue weighted by Gasteiger charge is -2.40. The number of hydrogen-bond donors (Lipinski definition) is 1. The Morgan fingerprint density at radius 1 is 1.58 bits per heavy atom. The van der Waals surface area contributed by atoms with E-state index in [4.69, 9.17) is 6.42 Å². The molecule has 0 aromatic rings. The van der Waals surface area contributed by atoms with Crippen LogP contribution in [0.25, 0.3) is 0 Å². The second-order valence-electron chi connectivity index (χ2n) is 4.14. The summed E-state index contributed by atoms with van der Waals surface area (Å²) in [6.07, 6.45) is 8.98. The van der Waals surface area contributed by atoms with E-state index in [0.717, 1.165) is 12.8 Å². The monoisotopic (exact) mass is 166 g/mol. The summed E-state index contributed by atoms with van der Waals surface area (Å²) in [5.74, 6) is 3.54. The minimum atomic E-state index is -0.577. The molecule has 1 heteroatoms. The molecule has 3 atom stereocenters. The molecule has 0 aliphatic heterocycles. The molecule has 1 fully saturated rings. The van der Waals surface area contributed by atoms with E-state index in [1.165, 1.54) is 6.42 Å². The molecule has 1 nitrogen and oxygen atoms in total. The van der Waals surface area contributed by atoms with Crippen molar-refractivity contribution in [1.82, 2.24) is 0 Å². The zero-order valence-corrected chi connectivity index (χ0v) is 8.01. The topological polar surface area (TPSA) is 20.2 Å². The van der Waals surface area contributed by atoms with Crippen LogP contribution in [-0.4, -0.2) is 10.7 Å². The zero-order valence-electron chi connectivity index (χ0n) is 8.01. The van der Waals surface area contributed by atoms with Gasteiger partial charge in [-0.15, -0.1) is 12.3 Å². The minimum absolute atomic E-state index is 0.349. The smallest absolute Gasteiger partial charge is 0.0784 e. The van der Waals surface area contributed by atoms with Gasteiger partial charge in [0, 0.05) is 6.42 Å². The fourth-order valence-corrected chi connectivity index (χ4v) is 2.16. The Morgan fingerprint density at radius 2 is 2.25 bits per heavy atom. The van der Waals surface area contributed by atoms with E-state index in [9.17, 15) is 5.11 Å². The molecule has 1 aliphatic rings. The van der Waals surface area contributed by atoms with Gasteiger partial charge in [-0.25, -0.2) is 0 Å². The third-order valence-corrected chi connectivity index (χ3v) is 3.38. The van der Waals surface area contributed by atoms with Gasteiger partial charge >= 0.3 is 0 Å². The van der Waals surface area contributed by atoms with Gasteiger partial charge in [-0.2, -0.15) is 0 Å². The molecule has 12 heavy (non-hydrogen) atoms. The number of terminal acetylenes is 1. The Labute approximate surface area is 75.2 Å². The molecule has 0 radical (unpaired) electrons. The van der Waals surface area contributed by atoms with Gasteiger partial charge in [0.15, 0.2) is 0 Å². The van der Waals surface area contributed by atoms with Crippen LogP contribution in [0.2, 0.25) is 0 Å². The summed E-state index contributed by atoms with van der Waals surface area (Å²) >= 11 is 0. The summed E-state index contributed by atoms with van der Waals surface area (Å²) in [6.45, 7) is 4.31. The lowest BCUT2D eigenvalue weighted by Crippen LogP contribution is -2.42. The Kier molecular flexibility index (Phi) is 2.80. The van der Waals surface area contributed by atoms with E-state index in [-0.39, 0.29) is 0 Å². The molecule has 1 aliphatic carbocycles. The van der Waals surface area contributed by atoms with Gasteiger partial charge in [0.25, 0.3) is 0 Å². The Bertz CT molecular complexity index is 192. The van der Waals surface area contributed by atoms with Crippen molar-refractivity contribution in [3.05, 3.63) is 0 Å². The first-order chi connectivity index (χ1) is 5.60. The molecule has 68 valence electrons. The number of hydrogen-bond acceptors (Lipinski definition) is 1. The van der Waals surface area contributed by atoms with Crippen molar-refractivity contribution < 1.29 is 5.11 Å². The number of aliphatic hydroxyl groups is 1. The van der Waals surface area contributed by atoms with Crippen LogP contribution in [0.3, 0.4) is 0 Å². The molecule has 1 saturated carbocycles. The van der Waals surface area contributed by atoms with E-state index in [1.807, 2.05) is 0 Å². The highest BCUT2D eigenvalue weighted by Gasteiger charge is 2.38. The van der Waals surface area contributed by atoms with Crippen LogP contribution >= 0.6 is 0 Å². The standard InChI is InChI=1S/C11H18O/c1-4-7-11(12)8-5-6-9(2)10(11)3/h1,9-10,12H,5-8H2,2-3H3. The minimum Gasteiger partial charge on any atom is -0.389 e. The summed E-state index contributed by atoms with van der Waals surface area (Å²) in [5.41, 5.74) is -0.577. The van der Waals surface area contributed by atoms with Gasteiger partial charge in [0.1, 0.15) is 0 Å². The normalized spacial score (nSPS) is 42.2. The maximum Gasteiger partial charge on any atom is 0.0784 e. The molecule has 0 aromatic carbocycles. The average molecular weight is 166 g/mol. The third-order valence-electron chi connectivity index (χ3n) is 3.38. The van der Waals surface area contributed by atoms with E-state index >= 15 is 0 Å². The summed E-state index contributed by atoms with van der Waals surface area (Å²) in [6, 6.07) is 0. The number of rotatable bonds is 1. The second-order valence-corrected chi connectivity index (χ2v) is 4.14. The van der Waals surface area contributed by atoms with Crippen LogP contribution in [0.15, 0.2) is 0 Å². The molecule has 0 spiro atoms. The molecule has 3 unspecified atom stereocenters. The molecule has 0 saturated heterocycles. The van der Waals surface area contributed by atoms with Gasteiger partial charge in [-0.1, -0.05) is 26.7 Å². The van der Waals surface area contributed by atoms with Crippen LogP contribution in [-0.2, 0) is 0 Å². The molecule has 0 heterocycles. The lowest BCUT2D eigenvalue weighted by atomic mass is 9.69. The molecular weight excluding hydrogens is 148 g/mol. The van der Waals surface area contributed by atoms with Crippen LogP contribution in [0, 0.1) is 24.2 Å². The quantitative estimate of drug-likeness (QED) is 0.592. The molecule has 0 amide bonds. The van der Waals surface area contributed by atoms with Crippen LogP contribution in [0.1, 0.15) is 39.5 Å². The second kappa shape index (κ2) is 3.49. The fraction of sp³-hybridized carbons (Fsp3) is 0.818. The predicted molar refractivity (Wildman–Crippen MR) is 50.6 cm³/mol. The zero-order chi connectivity index (χ0) is 9.19. The molecule has 0 bridgehead atoms. The Hall–Kier alpha value is -0.480. The largest absolute Gasteiger partial charge is 0.389 e. The van der Waals surface area contributed by atoms with Gasteiger partial charge in [-0.05, 0) is 18.3 Å². The summed E-state index contributed by atoms with van der Waals surface area (Å²) < 4.78 is 0. The first kappa shape index (κ1) is 9.61. The highest BCUT2D eigenvalue weighted by molar-refractivity contribution is 5.00. The highest BCUT2D eigenvalue weighted by atomic mass is 16.3. The van der Waals surface area contributed by atoms with Crippen molar-refractivity contribution in [3.63, 3.8) is 0 Å². The van der Waals surface area contributed by atoms with Gasteiger partial charge in [-0.3, -0.25) is 0 Å². The van der Waals surface area contributed by atoms with Gasteiger partial charge in [0.2, 0.25) is 0 Å². The van der Waals surface area contributed by atoms with Gasteiger partial charge in [0.05, 0.1) is 5.60 Å². The predicted octanol–water partition coefficient (Wildman–Crippen LogP) is 2.20. The van der Waals surface area contributed by atoms with Crippen molar-refractivity contribution in [2.45, 2.75) is 45.1 Å². The van der Waals surface area contributed by atoms with E-state index in [0.29, 0.717) is 18.3 Å². The van der Waals surface area contributed by atoms with Crippen molar-refractivity contribution >= 4 is 0 Å². The maximum atomic E-state index is 10.2. The molecule has 1 N–H and O–H groups in total. The van der Waals surface area contributed by atoms with E-state index in [2.05, 4.69) is 19.8 Å². The van der Waals surface area contributed by atoms with Crippen molar-refractivity contribution in [2.75, 3.05) is 0 Å². The van der Waals surface area contributed by atoms with Gasteiger partial charge < -0.3 is 5.11 Å². The first-order valence-corrected chi connectivity index (χ1v) is 4.76. The van der Waals surface area contributed by atoms with E-state index < -0.39 is 5.60 Å². The van der Waals surface area contributed by atoms with Crippen molar-refractivity contribution in [1.29, 1.82) is 0 Å². The summed E-state index contributed by atoms with van der Waals surface area (Å²) in [7, 11) is 0. The van der Waals surface area contributed by atoms with Crippen LogP contribution in [0.5, 0.6) is 0 Å². The molecule has 0 aromatic heterocycles. The van der Waals surface area contributed by atoms with Crippen molar-refractivity contribution in [2.24, 2.45) is 11.8 Å². The third kappa shape index (κ3) is 1.64. The summed E-state index contributed by atoms with van der Waals surface area (Å²) in [5, 5.41) is 10.2. The molecule has 1 rings (SSSR count). The first-order valence-electron chi connectivity index (χ1n) is 4.76. The molecular formula is C11H18O. The Balaban J connectivity index is 2.68. The average Bonchev–Trinajstić information content (AvgIpc) is 2.01. The van der Waals surface area contributed by atoms with Crippen LogP contribution < -0.4 is 0 Å². The SMILES string of the molecule is C#CCC1(O)CCCC(C)C1C. The summed E-state index contributed by atoms with van der Waals surface area (Å²) in [4.78, 5) is 0. The Morgan fingerprint density at radius 3 is 2.83 bits per heavy atom.